The minimum Gasteiger partial charge on any atom is -0.383 e. The Morgan fingerprint density at radius 1 is 1.11 bits per heavy atom. The zero-order valence-corrected chi connectivity index (χ0v) is 18.2. The molecular weight excluding hydrogens is 391 g/mol. The van der Waals surface area contributed by atoms with Crippen LogP contribution in [-0.2, 0) is 14.3 Å². The van der Waals surface area contributed by atoms with E-state index in [1.165, 1.54) is 12.8 Å². The fraction of sp³-hybridized carbons (Fsp3) is 0.889. The number of nitrogens with zero attached hydrogens (tertiary/aromatic N) is 2. The van der Waals surface area contributed by atoms with Crippen LogP contribution in [0.25, 0.3) is 0 Å². The van der Waals surface area contributed by atoms with Crippen molar-refractivity contribution in [2.24, 2.45) is 5.92 Å². The maximum Gasteiger partial charge on any atom is 0.236 e. The number of hydrogen-bond donors (Lipinski definition) is 2. The van der Waals surface area contributed by atoms with Crippen LogP contribution >= 0.6 is 24.8 Å². The molecule has 1 saturated carbocycles. The molecule has 0 radical (unpaired) electrons. The first-order valence-electron chi connectivity index (χ1n) is 9.57. The molecule has 1 heterocycles. The van der Waals surface area contributed by atoms with Crippen LogP contribution < -0.4 is 10.6 Å². The molecule has 2 amide bonds. The number of methoxy groups -OCH3 is 1. The molecule has 0 aromatic carbocycles. The quantitative estimate of drug-likeness (QED) is 0.564. The van der Waals surface area contributed by atoms with Gasteiger partial charge in [0.25, 0.3) is 0 Å². The van der Waals surface area contributed by atoms with Crippen molar-refractivity contribution in [2.45, 2.75) is 38.6 Å². The van der Waals surface area contributed by atoms with Gasteiger partial charge in [-0.15, -0.1) is 24.8 Å². The molecule has 1 saturated heterocycles. The van der Waals surface area contributed by atoms with E-state index in [9.17, 15) is 9.59 Å². The first-order valence-corrected chi connectivity index (χ1v) is 9.57. The molecule has 0 spiro atoms. The van der Waals surface area contributed by atoms with Crippen LogP contribution in [0.4, 0.5) is 0 Å². The Labute approximate surface area is 175 Å². The molecule has 160 valence electrons. The van der Waals surface area contributed by atoms with Crippen molar-refractivity contribution in [1.82, 2.24) is 20.4 Å². The normalized spacial score (nSPS) is 23.1. The number of halogens is 2. The number of rotatable bonds is 8. The van der Waals surface area contributed by atoms with Crippen LogP contribution in [0.2, 0.25) is 0 Å². The van der Waals surface area contributed by atoms with E-state index in [-0.39, 0.29) is 36.6 Å². The summed E-state index contributed by atoms with van der Waals surface area (Å²) in [6.45, 7) is 7.26. The van der Waals surface area contributed by atoms with E-state index in [1.54, 1.807) is 7.11 Å². The summed E-state index contributed by atoms with van der Waals surface area (Å²) in [5, 5.41) is 6.27. The van der Waals surface area contributed by atoms with Crippen molar-refractivity contribution in [2.75, 3.05) is 59.5 Å². The van der Waals surface area contributed by atoms with Gasteiger partial charge in [-0.2, -0.15) is 0 Å². The summed E-state index contributed by atoms with van der Waals surface area (Å²) in [5.74, 6) is 0.961. The van der Waals surface area contributed by atoms with Crippen molar-refractivity contribution in [3.8, 4) is 0 Å². The molecule has 2 aliphatic rings. The second-order valence-electron chi connectivity index (χ2n) is 7.36. The van der Waals surface area contributed by atoms with Gasteiger partial charge in [-0.25, -0.2) is 0 Å². The molecule has 0 aromatic heterocycles. The Bertz CT molecular complexity index is 435. The number of carbonyl (C=O) groups excluding carboxylic acids is 2. The molecule has 1 aliphatic carbocycles. The van der Waals surface area contributed by atoms with Gasteiger partial charge >= 0.3 is 0 Å². The summed E-state index contributed by atoms with van der Waals surface area (Å²) in [7, 11) is 1.65. The molecule has 2 N–H and O–H groups in total. The van der Waals surface area contributed by atoms with Crippen LogP contribution in [0, 0.1) is 5.92 Å². The molecule has 2 unspecified atom stereocenters. The third-order valence-corrected chi connectivity index (χ3v) is 5.15. The van der Waals surface area contributed by atoms with Crippen molar-refractivity contribution in [1.29, 1.82) is 0 Å². The monoisotopic (exact) mass is 426 g/mol. The van der Waals surface area contributed by atoms with Gasteiger partial charge in [0.1, 0.15) is 0 Å². The lowest BCUT2D eigenvalue weighted by atomic mass is 9.87. The fourth-order valence-corrected chi connectivity index (χ4v) is 3.68. The van der Waals surface area contributed by atoms with Gasteiger partial charge in [0.15, 0.2) is 0 Å². The number of ether oxygens (including phenoxy) is 1. The third kappa shape index (κ3) is 9.94. The summed E-state index contributed by atoms with van der Waals surface area (Å²) >= 11 is 0. The topological polar surface area (TPSA) is 73.9 Å². The van der Waals surface area contributed by atoms with Gasteiger partial charge in [-0.1, -0.05) is 19.8 Å². The summed E-state index contributed by atoms with van der Waals surface area (Å²) in [6, 6.07) is 0.345. The Hall–Kier alpha value is -0.600. The standard InChI is InChI=1S/C18H34N4O3.2ClH/c1-15-4-3-5-16(12-15)20-17(23)14-21-7-9-22(10-8-21)18(24)13-19-6-11-25-2;;/h15-16,19H,3-14H2,1-2H3,(H,20,23);2*1H. The molecule has 2 rings (SSSR count). The predicted octanol–water partition coefficient (Wildman–Crippen LogP) is 0.905. The van der Waals surface area contributed by atoms with Crippen molar-refractivity contribution >= 4 is 36.6 Å². The van der Waals surface area contributed by atoms with Gasteiger partial charge in [0.05, 0.1) is 19.7 Å². The highest BCUT2D eigenvalue weighted by atomic mass is 35.5. The zero-order chi connectivity index (χ0) is 18.1. The van der Waals surface area contributed by atoms with Crippen molar-refractivity contribution < 1.29 is 14.3 Å². The van der Waals surface area contributed by atoms with Crippen LogP contribution in [0.3, 0.4) is 0 Å². The van der Waals surface area contributed by atoms with E-state index >= 15 is 0 Å². The summed E-state index contributed by atoms with van der Waals surface area (Å²) < 4.78 is 4.95. The first kappa shape index (κ1) is 26.4. The van der Waals surface area contributed by atoms with E-state index < -0.39 is 0 Å². The molecule has 0 aromatic rings. The average molecular weight is 427 g/mol. The number of hydrogen-bond acceptors (Lipinski definition) is 5. The van der Waals surface area contributed by atoms with Crippen LogP contribution in [0.5, 0.6) is 0 Å². The largest absolute Gasteiger partial charge is 0.383 e. The lowest BCUT2D eigenvalue weighted by molar-refractivity contribution is -0.132. The zero-order valence-electron chi connectivity index (χ0n) is 16.6. The van der Waals surface area contributed by atoms with Crippen LogP contribution in [0.1, 0.15) is 32.6 Å². The summed E-state index contributed by atoms with van der Waals surface area (Å²) in [6.07, 6.45) is 4.70. The lowest BCUT2D eigenvalue weighted by Gasteiger charge is -2.35. The second kappa shape index (κ2) is 14.4. The minimum absolute atomic E-state index is 0. The van der Waals surface area contributed by atoms with Crippen LogP contribution in [0.15, 0.2) is 0 Å². The molecule has 7 nitrogen and oxygen atoms in total. The molecule has 2 atom stereocenters. The smallest absolute Gasteiger partial charge is 0.236 e. The van der Waals surface area contributed by atoms with Crippen molar-refractivity contribution in [3.05, 3.63) is 0 Å². The van der Waals surface area contributed by atoms with Crippen molar-refractivity contribution in [3.63, 3.8) is 0 Å². The number of carbonyl (C=O) groups is 2. The van der Waals surface area contributed by atoms with E-state index in [0.717, 1.165) is 25.9 Å². The summed E-state index contributed by atoms with van der Waals surface area (Å²) in [5.41, 5.74) is 0. The van der Waals surface area contributed by atoms with Gasteiger partial charge in [-0.3, -0.25) is 14.5 Å². The van der Waals surface area contributed by atoms with Gasteiger partial charge < -0.3 is 20.3 Å². The molecule has 2 fully saturated rings. The van der Waals surface area contributed by atoms with Gasteiger partial charge in [0, 0.05) is 45.9 Å². The third-order valence-electron chi connectivity index (χ3n) is 5.15. The number of amides is 2. The maximum atomic E-state index is 12.2. The molecule has 0 bridgehead atoms. The highest BCUT2D eigenvalue weighted by Gasteiger charge is 2.24. The Morgan fingerprint density at radius 3 is 2.44 bits per heavy atom. The number of nitrogens with one attached hydrogen (secondary N) is 2. The SMILES string of the molecule is COCCNCC(=O)N1CCN(CC(=O)NC2CCCC(C)C2)CC1.Cl.Cl. The Morgan fingerprint density at radius 2 is 1.81 bits per heavy atom. The van der Waals surface area contributed by atoms with E-state index in [0.29, 0.717) is 51.3 Å². The van der Waals surface area contributed by atoms with E-state index in [4.69, 9.17) is 4.74 Å². The van der Waals surface area contributed by atoms with Gasteiger partial charge in [0.2, 0.25) is 11.8 Å². The average Bonchev–Trinajstić information content (AvgIpc) is 2.59. The number of piperazine rings is 1. The van der Waals surface area contributed by atoms with E-state index in [2.05, 4.69) is 22.5 Å². The van der Waals surface area contributed by atoms with Crippen LogP contribution in [-0.4, -0.2) is 87.2 Å². The first-order chi connectivity index (χ1) is 12.1. The highest BCUT2D eigenvalue weighted by molar-refractivity contribution is 5.85. The summed E-state index contributed by atoms with van der Waals surface area (Å²) in [4.78, 5) is 28.4. The fourth-order valence-electron chi connectivity index (χ4n) is 3.68. The van der Waals surface area contributed by atoms with Gasteiger partial charge in [-0.05, 0) is 18.8 Å². The maximum absolute atomic E-state index is 12.2. The molecule has 1 aliphatic heterocycles. The highest BCUT2D eigenvalue weighted by Crippen LogP contribution is 2.23. The predicted molar refractivity (Wildman–Crippen MR) is 112 cm³/mol. The molecule has 27 heavy (non-hydrogen) atoms. The Kier molecular flexibility index (Phi) is 14.1. The molecule has 9 heteroatoms. The lowest BCUT2D eigenvalue weighted by Crippen LogP contribution is -2.53. The van der Waals surface area contributed by atoms with E-state index in [1.807, 2.05) is 4.90 Å². The molecular formula is C18H36Cl2N4O3. The minimum atomic E-state index is 0. The Balaban J connectivity index is 0.00000338. The second-order valence-corrected chi connectivity index (χ2v) is 7.36.